The standard InChI is InChI=1S/C19H17N5OS2/c20-10-15-14-8-4-5-9-16(14)24(13-6-2-1-3-7-13)18(15)22-17(25)11-26-19-23-21-12-27-19/h1-3,6-7,12H,4-5,8-9,11H2,(H,22,25). The van der Waals surface area contributed by atoms with Crippen molar-refractivity contribution in [3.8, 4) is 11.8 Å². The fourth-order valence-corrected chi connectivity index (χ4v) is 4.71. The number of nitriles is 1. The maximum atomic E-state index is 12.6. The highest BCUT2D eigenvalue weighted by Gasteiger charge is 2.26. The number of amides is 1. The van der Waals surface area contributed by atoms with E-state index in [0.717, 1.165) is 47.0 Å². The summed E-state index contributed by atoms with van der Waals surface area (Å²) in [6.07, 6.45) is 3.95. The van der Waals surface area contributed by atoms with Gasteiger partial charge in [0, 0.05) is 11.4 Å². The van der Waals surface area contributed by atoms with Gasteiger partial charge >= 0.3 is 0 Å². The molecule has 1 aliphatic rings. The molecule has 0 aliphatic heterocycles. The number of benzene rings is 1. The Morgan fingerprint density at radius 1 is 1.30 bits per heavy atom. The van der Waals surface area contributed by atoms with Gasteiger partial charge in [-0.2, -0.15) is 5.26 Å². The SMILES string of the molecule is N#Cc1c2c(n(-c3ccccc3)c1NC(=O)CSc1nncs1)CCCC2. The molecule has 2 aromatic heterocycles. The Labute approximate surface area is 165 Å². The molecule has 0 bridgehead atoms. The number of fused-ring (bicyclic) bond motifs is 1. The lowest BCUT2D eigenvalue weighted by molar-refractivity contribution is -0.113. The fraction of sp³-hybridized carbons (Fsp3) is 0.263. The van der Waals surface area contributed by atoms with E-state index in [9.17, 15) is 10.1 Å². The number of nitrogens with one attached hydrogen (secondary N) is 1. The largest absolute Gasteiger partial charge is 0.310 e. The van der Waals surface area contributed by atoms with Gasteiger partial charge in [-0.1, -0.05) is 41.3 Å². The van der Waals surface area contributed by atoms with Crippen LogP contribution in [0.25, 0.3) is 5.69 Å². The van der Waals surface area contributed by atoms with Crippen molar-refractivity contribution in [3.05, 3.63) is 52.7 Å². The smallest absolute Gasteiger partial charge is 0.235 e. The Kier molecular flexibility index (Phi) is 5.23. The van der Waals surface area contributed by atoms with E-state index in [1.165, 1.54) is 23.1 Å². The van der Waals surface area contributed by atoms with Crippen LogP contribution in [0.5, 0.6) is 0 Å². The molecule has 8 heteroatoms. The molecule has 0 atom stereocenters. The van der Waals surface area contributed by atoms with E-state index in [-0.39, 0.29) is 11.7 Å². The van der Waals surface area contributed by atoms with Crippen molar-refractivity contribution in [3.63, 3.8) is 0 Å². The van der Waals surface area contributed by atoms with Gasteiger partial charge in [-0.25, -0.2) is 0 Å². The summed E-state index contributed by atoms with van der Waals surface area (Å²) >= 11 is 2.75. The van der Waals surface area contributed by atoms with Crippen molar-refractivity contribution in [1.82, 2.24) is 14.8 Å². The molecule has 0 saturated heterocycles. The molecule has 27 heavy (non-hydrogen) atoms. The highest BCUT2D eigenvalue weighted by molar-refractivity contribution is 8.01. The third-order valence-corrected chi connectivity index (χ3v) is 6.38. The van der Waals surface area contributed by atoms with Crippen molar-refractivity contribution in [1.29, 1.82) is 5.26 Å². The summed E-state index contributed by atoms with van der Waals surface area (Å²) in [6.45, 7) is 0. The Morgan fingerprint density at radius 2 is 2.11 bits per heavy atom. The van der Waals surface area contributed by atoms with E-state index in [1.807, 2.05) is 34.9 Å². The Balaban J connectivity index is 1.69. The van der Waals surface area contributed by atoms with Gasteiger partial charge in [0.25, 0.3) is 0 Å². The highest BCUT2D eigenvalue weighted by atomic mass is 32.2. The predicted octanol–water partition coefficient (Wildman–Crippen LogP) is 3.81. The zero-order valence-corrected chi connectivity index (χ0v) is 16.1. The van der Waals surface area contributed by atoms with Crippen LogP contribution in [-0.4, -0.2) is 26.4 Å². The number of carbonyl (C=O) groups excluding carboxylic acids is 1. The summed E-state index contributed by atoms with van der Waals surface area (Å²) in [5.74, 6) is 0.655. The number of aromatic nitrogens is 3. The quantitative estimate of drug-likeness (QED) is 0.664. The lowest BCUT2D eigenvalue weighted by Crippen LogP contribution is -2.18. The van der Waals surface area contributed by atoms with Gasteiger partial charge < -0.3 is 5.32 Å². The van der Waals surface area contributed by atoms with Crippen molar-refractivity contribution >= 4 is 34.8 Å². The molecule has 1 amide bonds. The number of thioether (sulfide) groups is 1. The van der Waals surface area contributed by atoms with Crippen LogP contribution in [0, 0.1) is 11.3 Å². The van der Waals surface area contributed by atoms with Crippen LogP contribution in [0.1, 0.15) is 29.7 Å². The topological polar surface area (TPSA) is 83.6 Å². The molecule has 2 heterocycles. The molecule has 3 aromatic rings. The second-order valence-corrected chi connectivity index (χ2v) is 8.24. The summed E-state index contributed by atoms with van der Waals surface area (Å²) in [5.41, 5.74) is 5.39. The Hall–Kier alpha value is -2.63. The van der Waals surface area contributed by atoms with E-state index in [4.69, 9.17) is 0 Å². The number of hydrogen-bond acceptors (Lipinski definition) is 6. The molecule has 1 aromatic carbocycles. The summed E-state index contributed by atoms with van der Waals surface area (Å²) in [4.78, 5) is 12.6. The molecule has 1 N–H and O–H groups in total. The number of anilines is 1. The maximum absolute atomic E-state index is 12.6. The van der Waals surface area contributed by atoms with Crippen molar-refractivity contribution in [2.45, 2.75) is 30.0 Å². The summed E-state index contributed by atoms with van der Waals surface area (Å²) < 4.78 is 2.80. The van der Waals surface area contributed by atoms with Gasteiger partial charge in [0.15, 0.2) is 4.34 Å². The van der Waals surface area contributed by atoms with E-state index in [1.54, 1.807) is 5.51 Å². The number of nitrogens with zero attached hydrogens (tertiary/aromatic N) is 4. The van der Waals surface area contributed by atoms with Gasteiger partial charge in [0.2, 0.25) is 5.91 Å². The molecule has 136 valence electrons. The molecule has 0 spiro atoms. The lowest BCUT2D eigenvalue weighted by atomic mass is 9.95. The van der Waals surface area contributed by atoms with E-state index in [2.05, 4.69) is 21.6 Å². The van der Waals surface area contributed by atoms with Gasteiger partial charge in [-0.3, -0.25) is 9.36 Å². The normalized spacial score (nSPS) is 13.0. The summed E-state index contributed by atoms with van der Waals surface area (Å²) in [7, 11) is 0. The summed E-state index contributed by atoms with van der Waals surface area (Å²) in [6, 6.07) is 12.2. The number of rotatable bonds is 5. The van der Waals surface area contributed by atoms with Crippen molar-refractivity contribution in [2.24, 2.45) is 0 Å². The van der Waals surface area contributed by atoms with E-state index in [0.29, 0.717) is 11.4 Å². The number of carbonyl (C=O) groups is 1. The van der Waals surface area contributed by atoms with Gasteiger partial charge in [0.1, 0.15) is 17.4 Å². The van der Waals surface area contributed by atoms with E-state index >= 15 is 0 Å². The third-order valence-electron chi connectivity index (χ3n) is 4.52. The first kappa shape index (κ1) is 17.8. The van der Waals surface area contributed by atoms with Crippen LogP contribution < -0.4 is 5.32 Å². The minimum absolute atomic E-state index is 0.154. The molecular formula is C19H17N5OS2. The molecule has 6 nitrogen and oxygen atoms in total. The predicted molar refractivity (Wildman–Crippen MR) is 106 cm³/mol. The van der Waals surface area contributed by atoms with Crippen LogP contribution >= 0.6 is 23.1 Å². The van der Waals surface area contributed by atoms with Crippen molar-refractivity contribution in [2.75, 3.05) is 11.1 Å². The highest BCUT2D eigenvalue weighted by Crippen LogP contribution is 2.35. The average molecular weight is 396 g/mol. The van der Waals surface area contributed by atoms with Gasteiger partial charge in [-0.15, -0.1) is 10.2 Å². The fourth-order valence-electron chi connectivity index (χ4n) is 3.42. The van der Waals surface area contributed by atoms with Crippen LogP contribution in [0.2, 0.25) is 0 Å². The first-order valence-electron chi connectivity index (χ1n) is 8.68. The maximum Gasteiger partial charge on any atom is 0.235 e. The van der Waals surface area contributed by atoms with Crippen LogP contribution in [0.4, 0.5) is 5.82 Å². The molecule has 4 rings (SSSR count). The second kappa shape index (κ2) is 7.94. The van der Waals surface area contributed by atoms with E-state index < -0.39 is 0 Å². The summed E-state index contributed by atoms with van der Waals surface area (Å²) in [5, 5.41) is 20.5. The Bertz CT molecular complexity index is 990. The number of para-hydroxylation sites is 1. The van der Waals surface area contributed by atoms with Gasteiger partial charge in [0.05, 0.1) is 11.3 Å². The average Bonchev–Trinajstić information content (AvgIpc) is 3.32. The van der Waals surface area contributed by atoms with Crippen LogP contribution in [-0.2, 0) is 17.6 Å². The van der Waals surface area contributed by atoms with Crippen LogP contribution in [0.3, 0.4) is 0 Å². The second-order valence-electron chi connectivity index (χ2n) is 6.18. The molecule has 0 radical (unpaired) electrons. The zero-order chi connectivity index (χ0) is 18.6. The third kappa shape index (κ3) is 3.61. The molecular weight excluding hydrogens is 378 g/mol. The molecule has 0 fully saturated rings. The monoisotopic (exact) mass is 395 g/mol. The minimum atomic E-state index is -0.154. The van der Waals surface area contributed by atoms with Crippen molar-refractivity contribution < 1.29 is 4.79 Å². The lowest BCUT2D eigenvalue weighted by Gasteiger charge is -2.17. The van der Waals surface area contributed by atoms with Gasteiger partial charge in [-0.05, 0) is 43.4 Å². The minimum Gasteiger partial charge on any atom is -0.310 e. The van der Waals surface area contributed by atoms with Crippen LogP contribution in [0.15, 0.2) is 40.2 Å². The molecule has 0 unspecified atom stereocenters. The number of hydrogen-bond donors (Lipinski definition) is 1. The Morgan fingerprint density at radius 3 is 2.85 bits per heavy atom. The first-order valence-corrected chi connectivity index (χ1v) is 10.5. The molecule has 0 saturated carbocycles. The zero-order valence-electron chi connectivity index (χ0n) is 14.5. The first-order chi connectivity index (χ1) is 13.3. The molecule has 1 aliphatic carbocycles.